The van der Waals surface area contributed by atoms with Crippen molar-refractivity contribution in [3.05, 3.63) is 46.9 Å². The number of sulfone groups is 1. The molecule has 4 nitrogen and oxygen atoms in total. The van der Waals surface area contributed by atoms with Gasteiger partial charge in [-0.3, -0.25) is 0 Å². The van der Waals surface area contributed by atoms with E-state index in [0.717, 1.165) is 16.6 Å². The van der Waals surface area contributed by atoms with Crippen molar-refractivity contribution in [1.82, 2.24) is 0 Å². The molecule has 0 aliphatic rings. The number of phenolic OH excluding ortho intramolecular Hbond substituents is 2. The number of halogens is 1. The molecule has 0 unspecified atom stereocenters. The molecule has 0 aliphatic carbocycles. The summed E-state index contributed by atoms with van der Waals surface area (Å²) < 4.78 is 25.2. The quantitative estimate of drug-likeness (QED) is 0.831. The largest absolute Gasteiger partial charge is 0.508 e. The first-order valence-electron chi connectivity index (χ1n) is 4.94. The van der Waals surface area contributed by atoms with Crippen LogP contribution in [0.25, 0.3) is 0 Å². The molecule has 0 saturated carbocycles. The second-order valence-corrected chi connectivity index (χ2v) is 6.44. The number of hydrogen-bond donors (Lipinski definition) is 2. The fourth-order valence-corrected chi connectivity index (χ4v) is 3.09. The summed E-state index contributed by atoms with van der Waals surface area (Å²) in [5.41, 5.74) is 0. The van der Waals surface area contributed by atoms with E-state index in [-0.39, 0.29) is 15.5 Å². The normalized spacial score (nSPS) is 11.4. The van der Waals surface area contributed by atoms with Crippen LogP contribution in [0.1, 0.15) is 0 Å². The number of aromatic hydroxyl groups is 2. The molecular formula is C12H9BrO4S. The van der Waals surface area contributed by atoms with Gasteiger partial charge in [-0.15, -0.1) is 0 Å². The lowest BCUT2D eigenvalue weighted by Gasteiger charge is -2.07. The Kier molecular flexibility index (Phi) is 3.32. The van der Waals surface area contributed by atoms with Crippen molar-refractivity contribution in [3.8, 4) is 11.5 Å². The molecule has 6 heteroatoms. The topological polar surface area (TPSA) is 74.6 Å². The van der Waals surface area contributed by atoms with Gasteiger partial charge in [-0.25, -0.2) is 8.42 Å². The second kappa shape index (κ2) is 4.62. The fraction of sp³-hybridized carbons (Fsp3) is 0. The number of hydrogen-bond acceptors (Lipinski definition) is 4. The smallest absolute Gasteiger partial charge is 0.210 e. The van der Waals surface area contributed by atoms with Crippen LogP contribution in [0, 0.1) is 0 Å². The molecule has 0 spiro atoms. The van der Waals surface area contributed by atoms with Gasteiger partial charge in [0.25, 0.3) is 0 Å². The van der Waals surface area contributed by atoms with Crippen molar-refractivity contribution in [2.75, 3.05) is 0 Å². The molecule has 2 N–H and O–H groups in total. The predicted molar refractivity (Wildman–Crippen MR) is 69.4 cm³/mol. The highest BCUT2D eigenvalue weighted by Crippen LogP contribution is 2.31. The monoisotopic (exact) mass is 328 g/mol. The van der Waals surface area contributed by atoms with Crippen LogP contribution in [-0.4, -0.2) is 18.6 Å². The molecule has 0 atom stereocenters. The van der Waals surface area contributed by atoms with Gasteiger partial charge in [-0.05, 0) is 36.4 Å². The fourth-order valence-electron chi connectivity index (χ4n) is 1.46. The van der Waals surface area contributed by atoms with Gasteiger partial charge in [0, 0.05) is 10.5 Å². The maximum Gasteiger partial charge on any atom is 0.210 e. The van der Waals surface area contributed by atoms with Crippen LogP contribution >= 0.6 is 15.9 Å². The molecule has 0 bridgehead atoms. The third-order valence-electron chi connectivity index (χ3n) is 2.36. The maximum atomic E-state index is 12.2. The average Bonchev–Trinajstić information content (AvgIpc) is 2.32. The minimum atomic E-state index is -3.84. The van der Waals surface area contributed by atoms with Gasteiger partial charge in [-0.2, -0.15) is 0 Å². The molecule has 0 saturated heterocycles. The summed E-state index contributed by atoms with van der Waals surface area (Å²) in [6, 6.07) is 9.40. The number of benzene rings is 2. The molecule has 2 aromatic carbocycles. The zero-order chi connectivity index (χ0) is 13.3. The molecule has 0 amide bonds. The van der Waals surface area contributed by atoms with Crippen LogP contribution in [-0.2, 0) is 9.84 Å². The minimum Gasteiger partial charge on any atom is -0.508 e. The highest BCUT2D eigenvalue weighted by Gasteiger charge is 2.21. The molecule has 0 aromatic heterocycles. The lowest BCUT2D eigenvalue weighted by atomic mass is 10.3. The lowest BCUT2D eigenvalue weighted by Crippen LogP contribution is -2.02. The van der Waals surface area contributed by atoms with E-state index in [1.54, 1.807) is 12.1 Å². The summed E-state index contributed by atoms with van der Waals surface area (Å²) in [4.78, 5) is -0.267. The standard InChI is InChI=1S/C12H9BrO4S/c13-8-1-4-10(5-2-8)18(16,17)12-7-9(14)3-6-11(12)15/h1-7,14-15H. The van der Waals surface area contributed by atoms with Crippen LogP contribution < -0.4 is 0 Å². The Morgan fingerprint density at radius 3 is 2.17 bits per heavy atom. The van der Waals surface area contributed by atoms with Crippen molar-refractivity contribution in [3.63, 3.8) is 0 Å². The Labute approximate surface area is 113 Å². The Bertz CT molecular complexity index is 678. The molecule has 0 aliphatic heterocycles. The van der Waals surface area contributed by atoms with Crippen LogP contribution in [0.5, 0.6) is 11.5 Å². The lowest BCUT2D eigenvalue weighted by molar-refractivity contribution is 0.445. The Hall–Kier alpha value is -1.53. The summed E-state index contributed by atoms with van der Waals surface area (Å²) in [6.45, 7) is 0. The Morgan fingerprint density at radius 2 is 1.56 bits per heavy atom. The molecule has 0 heterocycles. The SMILES string of the molecule is O=S(=O)(c1ccc(Br)cc1)c1cc(O)ccc1O. The maximum absolute atomic E-state index is 12.2. The zero-order valence-electron chi connectivity index (χ0n) is 9.04. The van der Waals surface area contributed by atoms with E-state index in [4.69, 9.17) is 0 Å². The number of phenols is 2. The van der Waals surface area contributed by atoms with Crippen LogP contribution in [0.4, 0.5) is 0 Å². The second-order valence-electron chi connectivity index (χ2n) is 3.61. The summed E-state index contributed by atoms with van der Waals surface area (Å²) in [7, 11) is -3.84. The first-order valence-corrected chi connectivity index (χ1v) is 7.21. The minimum absolute atomic E-state index is 0.0478. The van der Waals surface area contributed by atoms with Crippen molar-refractivity contribution < 1.29 is 18.6 Å². The Morgan fingerprint density at radius 1 is 0.944 bits per heavy atom. The van der Waals surface area contributed by atoms with E-state index >= 15 is 0 Å². The molecular weight excluding hydrogens is 320 g/mol. The van der Waals surface area contributed by atoms with Gasteiger partial charge in [0.1, 0.15) is 16.4 Å². The van der Waals surface area contributed by atoms with E-state index in [1.165, 1.54) is 18.2 Å². The molecule has 2 aromatic rings. The highest BCUT2D eigenvalue weighted by atomic mass is 79.9. The van der Waals surface area contributed by atoms with Crippen LogP contribution in [0.15, 0.2) is 56.7 Å². The van der Waals surface area contributed by atoms with E-state index in [2.05, 4.69) is 15.9 Å². The number of rotatable bonds is 2. The third kappa shape index (κ3) is 2.34. The van der Waals surface area contributed by atoms with Gasteiger partial charge < -0.3 is 10.2 Å². The highest BCUT2D eigenvalue weighted by molar-refractivity contribution is 9.10. The van der Waals surface area contributed by atoms with Gasteiger partial charge in [-0.1, -0.05) is 15.9 Å². The van der Waals surface area contributed by atoms with Crippen molar-refractivity contribution in [1.29, 1.82) is 0 Å². The predicted octanol–water partition coefficient (Wildman–Crippen LogP) is 2.69. The van der Waals surface area contributed by atoms with Gasteiger partial charge in [0.15, 0.2) is 0 Å². The van der Waals surface area contributed by atoms with Crippen molar-refractivity contribution in [2.24, 2.45) is 0 Å². The summed E-state index contributed by atoms with van der Waals surface area (Å²) in [6.07, 6.45) is 0. The summed E-state index contributed by atoms with van der Waals surface area (Å²) in [5, 5.41) is 18.9. The Balaban J connectivity index is 2.61. The zero-order valence-corrected chi connectivity index (χ0v) is 11.4. The van der Waals surface area contributed by atoms with E-state index in [1.807, 2.05) is 0 Å². The van der Waals surface area contributed by atoms with Crippen molar-refractivity contribution >= 4 is 25.8 Å². The van der Waals surface area contributed by atoms with Gasteiger partial charge >= 0.3 is 0 Å². The van der Waals surface area contributed by atoms with Gasteiger partial charge in [0.05, 0.1) is 4.90 Å². The van der Waals surface area contributed by atoms with Gasteiger partial charge in [0.2, 0.25) is 9.84 Å². The third-order valence-corrected chi connectivity index (χ3v) is 4.68. The van der Waals surface area contributed by atoms with Crippen LogP contribution in [0.3, 0.4) is 0 Å². The van der Waals surface area contributed by atoms with E-state index in [9.17, 15) is 18.6 Å². The van der Waals surface area contributed by atoms with Crippen LogP contribution in [0.2, 0.25) is 0 Å². The molecule has 2 rings (SSSR count). The molecule has 94 valence electrons. The van der Waals surface area contributed by atoms with E-state index < -0.39 is 15.6 Å². The molecule has 0 fully saturated rings. The first-order chi connectivity index (χ1) is 8.41. The molecule has 18 heavy (non-hydrogen) atoms. The van der Waals surface area contributed by atoms with E-state index in [0.29, 0.717) is 0 Å². The summed E-state index contributed by atoms with van der Waals surface area (Å²) in [5.74, 6) is -0.612. The first kappa shape index (κ1) is 12.9. The van der Waals surface area contributed by atoms with Crippen molar-refractivity contribution in [2.45, 2.75) is 9.79 Å². The summed E-state index contributed by atoms with van der Waals surface area (Å²) >= 11 is 3.21. The average molecular weight is 329 g/mol. The molecule has 0 radical (unpaired) electrons.